The first-order valence-corrected chi connectivity index (χ1v) is 7.74. The molecular formula is C18H17F3N2O4. The molecule has 2 amide bonds. The van der Waals surface area contributed by atoms with Gasteiger partial charge >= 0.3 is 6.61 Å². The van der Waals surface area contributed by atoms with E-state index in [0.717, 1.165) is 11.0 Å². The highest BCUT2D eigenvalue weighted by Gasteiger charge is 2.18. The molecule has 0 saturated carbocycles. The lowest BCUT2D eigenvalue weighted by Crippen LogP contribution is -2.34. The second kappa shape index (κ2) is 8.93. The van der Waals surface area contributed by atoms with Gasteiger partial charge in [0.1, 0.15) is 5.82 Å². The van der Waals surface area contributed by atoms with E-state index in [1.807, 2.05) is 0 Å². The van der Waals surface area contributed by atoms with E-state index in [1.54, 1.807) is 0 Å². The summed E-state index contributed by atoms with van der Waals surface area (Å²) in [6.45, 7) is -3.33. The molecule has 1 N–H and O–H groups in total. The number of ether oxygens (including phenoxy) is 2. The summed E-state index contributed by atoms with van der Waals surface area (Å²) in [5.41, 5.74) is 0.380. The average Bonchev–Trinajstić information content (AvgIpc) is 2.60. The molecule has 0 radical (unpaired) electrons. The van der Waals surface area contributed by atoms with Crippen molar-refractivity contribution in [2.24, 2.45) is 0 Å². The van der Waals surface area contributed by atoms with Gasteiger partial charge in [-0.2, -0.15) is 8.78 Å². The molecule has 0 aliphatic heterocycles. The molecule has 0 atom stereocenters. The first-order valence-electron chi connectivity index (χ1n) is 7.74. The third kappa shape index (κ3) is 5.63. The first-order chi connectivity index (χ1) is 12.8. The Kier molecular flexibility index (Phi) is 6.64. The molecule has 0 aliphatic rings. The monoisotopic (exact) mass is 382 g/mol. The van der Waals surface area contributed by atoms with E-state index >= 15 is 0 Å². The molecule has 0 aromatic heterocycles. The van der Waals surface area contributed by atoms with Crippen molar-refractivity contribution in [2.45, 2.75) is 6.61 Å². The van der Waals surface area contributed by atoms with Crippen LogP contribution in [0.25, 0.3) is 0 Å². The van der Waals surface area contributed by atoms with Crippen molar-refractivity contribution in [1.29, 1.82) is 0 Å². The quantitative estimate of drug-likeness (QED) is 0.799. The number of halogens is 3. The van der Waals surface area contributed by atoms with Gasteiger partial charge in [-0.15, -0.1) is 0 Å². The zero-order valence-corrected chi connectivity index (χ0v) is 14.5. The lowest BCUT2D eigenvalue weighted by molar-refractivity contribution is -0.116. The summed E-state index contributed by atoms with van der Waals surface area (Å²) in [4.78, 5) is 25.6. The Morgan fingerprint density at radius 3 is 2.52 bits per heavy atom. The molecule has 0 saturated heterocycles. The maximum atomic E-state index is 13.1. The molecular weight excluding hydrogens is 365 g/mol. The number of nitrogens with one attached hydrogen (secondary N) is 1. The molecule has 2 aromatic carbocycles. The number of hydrogen-bond donors (Lipinski definition) is 1. The maximum Gasteiger partial charge on any atom is 0.387 e. The predicted molar refractivity (Wildman–Crippen MR) is 91.6 cm³/mol. The number of nitrogens with zero attached hydrogens (tertiary/aromatic N) is 1. The van der Waals surface area contributed by atoms with E-state index in [-0.39, 0.29) is 29.3 Å². The summed E-state index contributed by atoms with van der Waals surface area (Å²) in [7, 11) is 2.64. The van der Waals surface area contributed by atoms with Crippen LogP contribution in [0.1, 0.15) is 10.4 Å². The molecule has 0 heterocycles. The van der Waals surface area contributed by atoms with Gasteiger partial charge in [-0.3, -0.25) is 9.59 Å². The van der Waals surface area contributed by atoms with Gasteiger partial charge in [0.25, 0.3) is 5.91 Å². The Morgan fingerprint density at radius 1 is 1.15 bits per heavy atom. The van der Waals surface area contributed by atoms with Crippen LogP contribution in [-0.4, -0.2) is 44.0 Å². The summed E-state index contributed by atoms with van der Waals surface area (Å²) < 4.78 is 47.1. The van der Waals surface area contributed by atoms with Crippen LogP contribution < -0.4 is 14.8 Å². The number of carbonyl (C=O) groups is 2. The number of anilines is 1. The number of alkyl halides is 2. The van der Waals surface area contributed by atoms with E-state index in [4.69, 9.17) is 4.74 Å². The van der Waals surface area contributed by atoms with Crippen molar-refractivity contribution in [3.05, 3.63) is 53.8 Å². The average molecular weight is 382 g/mol. The highest BCUT2D eigenvalue weighted by Crippen LogP contribution is 2.29. The molecule has 6 nitrogen and oxygen atoms in total. The minimum Gasteiger partial charge on any atom is -0.493 e. The minimum absolute atomic E-state index is 0.0428. The highest BCUT2D eigenvalue weighted by molar-refractivity contribution is 5.99. The molecule has 27 heavy (non-hydrogen) atoms. The van der Waals surface area contributed by atoms with Crippen molar-refractivity contribution >= 4 is 17.5 Å². The van der Waals surface area contributed by atoms with E-state index in [0.29, 0.717) is 0 Å². The summed E-state index contributed by atoms with van der Waals surface area (Å²) in [5, 5.41) is 2.47. The lowest BCUT2D eigenvalue weighted by Gasteiger charge is -2.18. The fraction of sp³-hybridized carbons (Fsp3) is 0.222. The zero-order chi connectivity index (χ0) is 20.0. The van der Waals surface area contributed by atoms with Gasteiger partial charge in [0.05, 0.1) is 13.7 Å². The highest BCUT2D eigenvalue weighted by atomic mass is 19.3. The minimum atomic E-state index is -3.03. The number of rotatable bonds is 7. The van der Waals surface area contributed by atoms with Crippen molar-refractivity contribution in [3.63, 3.8) is 0 Å². The fourth-order valence-corrected chi connectivity index (χ4v) is 2.27. The topological polar surface area (TPSA) is 67.9 Å². The van der Waals surface area contributed by atoms with Crippen LogP contribution in [0.2, 0.25) is 0 Å². The summed E-state index contributed by atoms with van der Waals surface area (Å²) in [5.74, 6) is -1.82. The van der Waals surface area contributed by atoms with Crippen LogP contribution in [0, 0.1) is 5.82 Å². The van der Waals surface area contributed by atoms with Crippen LogP contribution in [-0.2, 0) is 4.79 Å². The smallest absolute Gasteiger partial charge is 0.387 e. The number of likely N-dealkylation sites (N-methyl/N-ethyl adjacent to an activating group) is 1. The number of hydrogen-bond acceptors (Lipinski definition) is 4. The molecule has 0 aliphatic carbocycles. The standard InChI is InChI=1S/C18H17F3N2O4/c1-23(10-16(24)22-13-5-3-4-12(19)9-13)17(25)11-6-7-14(27-18(20)21)15(8-11)26-2/h3-9,18H,10H2,1-2H3,(H,22,24). The van der Waals surface area contributed by atoms with Crippen LogP contribution in [0.4, 0.5) is 18.9 Å². The van der Waals surface area contributed by atoms with Gasteiger partial charge in [0, 0.05) is 18.3 Å². The largest absolute Gasteiger partial charge is 0.493 e. The van der Waals surface area contributed by atoms with E-state index in [9.17, 15) is 22.8 Å². The predicted octanol–water partition coefficient (Wildman–Crippen LogP) is 3.15. The molecule has 2 rings (SSSR count). The Morgan fingerprint density at radius 2 is 1.89 bits per heavy atom. The Balaban J connectivity index is 2.04. The number of amides is 2. The molecule has 144 valence electrons. The third-order valence-electron chi connectivity index (χ3n) is 3.46. The van der Waals surface area contributed by atoms with Crippen molar-refractivity contribution in [1.82, 2.24) is 4.90 Å². The van der Waals surface area contributed by atoms with Crippen molar-refractivity contribution in [2.75, 3.05) is 26.0 Å². The number of methoxy groups -OCH3 is 1. The third-order valence-corrected chi connectivity index (χ3v) is 3.46. The molecule has 2 aromatic rings. The SMILES string of the molecule is COc1cc(C(=O)N(C)CC(=O)Nc2cccc(F)c2)ccc1OC(F)F. The van der Waals surface area contributed by atoms with E-state index in [1.165, 1.54) is 50.6 Å². The lowest BCUT2D eigenvalue weighted by atomic mass is 10.1. The molecule has 0 spiro atoms. The molecule has 0 fully saturated rings. The van der Waals surface area contributed by atoms with Crippen LogP contribution in [0.3, 0.4) is 0 Å². The second-order valence-electron chi connectivity index (χ2n) is 5.46. The van der Waals surface area contributed by atoms with Gasteiger partial charge in [0.15, 0.2) is 11.5 Å². The van der Waals surface area contributed by atoms with Gasteiger partial charge in [-0.25, -0.2) is 4.39 Å². The van der Waals surface area contributed by atoms with E-state index < -0.39 is 24.2 Å². The Labute approximate surface area is 153 Å². The Bertz CT molecular complexity index is 830. The summed E-state index contributed by atoms with van der Waals surface area (Å²) >= 11 is 0. The van der Waals surface area contributed by atoms with Gasteiger partial charge < -0.3 is 19.7 Å². The summed E-state index contributed by atoms with van der Waals surface area (Å²) in [6.07, 6.45) is 0. The van der Waals surface area contributed by atoms with E-state index in [2.05, 4.69) is 10.1 Å². The maximum absolute atomic E-state index is 13.1. The normalized spacial score (nSPS) is 10.4. The van der Waals surface area contributed by atoms with Crippen LogP contribution >= 0.6 is 0 Å². The van der Waals surface area contributed by atoms with Gasteiger partial charge in [-0.1, -0.05) is 6.07 Å². The fourth-order valence-electron chi connectivity index (χ4n) is 2.27. The second-order valence-corrected chi connectivity index (χ2v) is 5.46. The molecule has 0 unspecified atom stereocenters. The van der Waals surface area contributed by atoms with Gasteiger partial charge in [0.2, 0.25) is 5.91 Å². The van der Waals surface area contributed by atoms with Crippen LogP contribution in [0.15, 0.2) is 42.5 Å². The zero-order valence-electron chi connectivity index (χ0n) is 14.5. The number of benzene rings is 2. The summed E-state index contributed by atoms with van der Waals surface area (Å²) in [6, 6.07) is 9.03. The van der Waals surface area contributed by atoms with Crippen molar-refractivity contribution in [3.8, 4) is 11.5 Å². The molecule has 9 heteroatoms. The first kappa shape index (κ1) is 20.1. The van der Waals surface area contributed by atoms with Crippen molar-refractivity contribution < 1.29 is 32.2 Å². The Hall–Kier alpha value is -3.23. The van der Waals surface area contributed by atoms with Crippen LogP contribution in [0.5, 0.6) is 11.5 Å². The molecule has 0 bridgehead atoms. The van der Waals surface area contributed by atoms with Gasteiger partial charge in [-0.05, 0) is 36.4 Å². The number of carbonyl (C=O) groups excluding carboxylic acids is 2.